The SMILES string of the molecule is CCCNCC1(CNCCC)c2c(F)cccc2-c2cccc(F)c21. The third-order valence-corrected chi connectivity index (χ3v) is 4.98. The van der Waals surface area contributed by atoms with Crippen LogP contribution in [0.4, 0.5) is 8.78 Å². The van der Waals surface area contributed by atoms with Crippen molar-refractivity contribution >= 4 is 0 Å². The van der Waals surface area contributed by atoms with Crippen molar-refractivity contribution in [2.45, 2.75) is 32.1 Å². The monoisotopic (exact) mass is 344 g/mol. The molecule has 0 unspecified atom stereocenters. The van der Waals surface area contributed by atoms with Gasteiger partial charge in [0.25, 0.3) is 0 Å². The Morgan fingerprint density at radius 2 is 1.20 bits per heavy atom. The second-order valence-corrected chi connectivity index (χ2v) is 6.76. The minimum atomic E-state index is -0.730. The van der Waals surface area contributed by atoms with Crippen LogP contribution in [-0.4, -0.2) is 26.2 Å². The minimum absolute atomic E-state index is 0.260. The molecule has 1 aliphatic rings. The quantitative estimate of drug-likeness (QED) is 0.700. The van der Waals surface area contributed by atoms with Crippen LogP contribution in [0.2, 0.25) is 0 Å². The Labute approximate surface area is 148 Å². The van der Waals surface area contributed by atoms with E-state index in [1.807, 2.05) is 12.1 Å². The predicted octanol–water partition coefficient (Wildman–Crippen LogP) is 4.23. The molecule has 0 saturated heterocycles. The zero-order valence-electron chi connectivity index (χ0n) is 15.0. The second-order valence-electron chi connectivity index (χ2n) is 6.76. The lowest BCUT2D eigenvalue weighted by molar-refractivity contribution is 0.407. The van der Waals surface area contributed by atoms with E-state index in [2.05, 4.69) is 24.5 Å². The molecule has 25 heavy (non-hydrogen) atoms. The molecular weight excluding hydrogens is 318 g/mol. The third kappa shape index (κ3) is 3.09. The zero-order chi connectivity index (χ0) is 17.9. The Morgan fingerprint density at radius 3 is 1.60 bits per heavy atom. The fraction of sp³-hybridized carbons (Fsp3) is 0.429. The van der Waals surface area contributed by atoms with E-state index in [9.17, 15) is 8.78 Å². The lowest BCUT2D eigenvalue weighted by Gasteiger charge is -2.33. The molecule has 2 N–H and O–H groups in total. The van der Waals surface area contributed by atoms with Crippen LogP contribution in [0.25, 0.3) is 11.1 Å². The first kappa shape index (κ1) is 18.0. The first-order valence-electron chi connectivity index (χ1n) is 9.15. The van der Waals surface area contributed by atoms with E-state index in [4.69, 9.17) is 0 Å². The average molecular weight is 344 g/mol. The van der Waals surface area contributed by atoms with Crippen LogP contribution in [0.1, 0.15) is 37.8 Å². The molecular formula is C21H26F2N2. The van der Waals surface area contributed by atoms with Gasteiger partial charge in [0.15, 0.2) is 0 Å². The first-order chi connectivity index (χ1) is 12.2. The number of rotatable bonds is 8. The summed E-state index contributed by atoms with van der Waals surface area (Å²) in [5.41, 5.74) is 2.12. The maximum atomic E-state index is 14.9. The number of hydrogen-bond acceptors (Lipinski definition) is 2. The summed E-state index contributed by atoms with van der Waals surface area (Å²) in [5, 5.41) is 6.82. The van der Waals surface area contributed by atoms with Gasteiger partial charge in [-0.15, -0.1) is 0 Å². The normalized spacial score (nSPS) is 14.4. The molecule has 0 aliphatic heterocycles. The Bertz CT molecular complexity index is 679. The molecule has 0 saturated carbocycles. The highest BCUT2D eigenvalue weighted by atomic mass is 19.1. The fourth-order valence-electron chi connectivity index (χ4n) is 3.97. The van der Waals surface area contributed by atoms with E-state index in [0.29, 0.717) is 24.2 Å². The van der Waals surface area contributed by atoms with Crippen LogP contribution >= 0.6 is 0 Å². The number of hydrogen-bond donors (Lipinski definition) is 2. The highest BCUT2D eigenvalue weighted by molar-refractivity contribution is 5.81. The summed E-state index contributed by atoms with van der Waals surface area (Å²) in [6.07, 6.45) is 1.96. The summed E-state index contributed by atoms with van der Waals surface area (Å²) in [5.74, 6) is -0.519. The van der Waals surface area contributed by atoms with Crippen molar-refractivity contribution in [3.63, 3.8) is 0 Å². The largest absolute Gasteiger partial charge is 0.315 e. The van der Waals surface area contributed by atoms with Gasteiger partial charge in [-0.2, -0.15) is 0 Å². The van der Waals surface area contributed by atoms with Gasteiger partial charge in [0.2, 0.25) is 0 Å². The fourth-order valence-corrected chi connectivity index (χ4v) is 3.97. The van der Waals surface area contributed by atoms with Gasteiger partial charge in [-0.3, -0.25) is 0 Å². The molecule has 0 fully saturated rings. The molecule has 0 heterocycles. The van der Waals surface area contributed by atoms with E-state index in [1.54, 1.807) is 12.1 Å². The maximum absolute atomic E-state index is 14.9. The summed E-state index contributed by atoms with van der Waals surface area (Å²) in [6, 6.07) is 10.2. The van der Waals surface area contributed by atoms with Crippen molar-refractivity contribution in [2.24, 2.45) is 0 Å². The molecule has 0 bridgehead atoms. The molecule has 2 nitrogen and oxygen atoms in total. The Kier molecular flexibility index (Phi) is 5.50. The Morgan fingerprint density at radius 1 is 0.760 bits per heavy atom. The van der Waals surface area contributed by atoms with E-state index >= 15 is 0 Å². The Hall–Kier alpha value is -1.78. The molecule has 134 valence electrons. The van der Waals surface area contributed by atoms with Crippen LogP contribution in [0.5, 0.6) is 0 Å². The predicted molar refractivity (Wildman–Crippen MR) is 98.9 cm³/mol. The van der Waals surface area contributed by atoms with Crippen LogP contribution in [-0.2, 0) is 5.41 Å². The van der Waals surface area contributed by atoms with Crippen LogP contribution < -0.4 is 10.6 Å². The molecule has 2 aromatic carbocycles. The molecule has 0 amide bonds. The van der Waals surface area contributed by atoms with E-state index in [1.165, 1.54) is 12.1 Å². The molecule has 2 aromatic rings. The standard InChI is InChI=1S/C21H26F2N2/c1-3-11-24-13-21(14-25-12-4-2)19-15(7-5-9-17(19)22)16-8-6-10-18(23)20(16)21/h5-10,24-25H,3-4,11-14H2,1-2H3. The zero-order valence-corrected chi connectivity index (χ0v) is 15.0. The lowest BCUT2D eigenvalue weighted by Crippen LogP contribution is -2.47. The van der Waals surface area contributed by atoms with Crippen molar-refractivity contribution in [3.05, 3.63) is 59.2 Å². The summed E-state index contributed by atoms with van der Waals surface area (Å²) in [4.78, 5) is 0. The molecule has 0 radical (unpaired) electrons. The minimum Gasteiger partial charge on any atom is -0.315 e. The van der Waals surface area contributed by atoms with Gasteiger partial charge in [0.05, 0.1) is 5.41 Å². The third-order valence-electron chi connectivity index (χ3n) is 4.98. The second kappa shape index (κ2) is 7.63. The molecule has 4 heteroatoms. The van der Waals surface area contributed by atoms with Gasteiger partial charge < -0.3 is 10.6 Å². The van der Waals surface area contributed by atoms with Gasteiger partial charge in [-0.25, -0.2) is 8.78 Å². The summed E-state index contributed by atoms with van der Waals surface area (Å²) in [6.45, 7) is 6.85. The van der Waals surface area contributed by atoms with Crippen molar-refractivity contribution in [2.75, 3.05) is 26.2 Å². The summed E-state index contributed by atoms with van der Waals surface area (Å²) >= 11 is 0. The number of nitrogens with one attached hydrogen (secondary N) is 2. The van der Waals surface area contributed by atoms with Crippen LogP contribution in [0.3, 0.4) is 0 Å². The molecule has 0 aromatic heterocycles. The Balaban J connectivity index is 2.17. The highest BCUT2D eigenvalue weighted by Gasteiger charge is 2.46. The topological polar surface area (TPSA) is 24.1 Å². The average Bonchev–Trinajstić information content (AvgIpc) is 2.89. The number of benzene rings is 2. The molecule has 1 aliphatic carbocycles. The van der Waals surface area contributed by atoms with Gasteiger partial charge in [-0.05, 0) is 49.2 Å². The van der Waals surface area contributed by atoms with Crippen LogP contribution in [0, 0.1) is 11.6 Å². The van der Waals surface area contributed by atoms with Crippen molar-refractivity contribution in [3.8, 4) is 11.1 Å². The van der Waals surface area contributed by atoms with E-state index in [0.717, 1.165) is 37.1 Å². The highest BCUT2D eigenvalue weighted by Crippen LogP contribution is 2.50. The van der Waals surface area contributed by atoms with Gasteiger partial charge >= 0.3 is 0 Å². The maximum Gasteiger partial charge on any atom is 0.128 e. The van der Waals surface area contributed by atoms with Crippen molar-refractivity contribution in [1.82, 2.24) is 10.6 Å². The summed E-state index contributed by atoms with van der Waals surface area (Å²) in [7, 11) is 0. The lowest BCUT2D eigenvalue weighted by atomic mass is 9.77. The van der Waals surface area contributed by atoms with E-state index in [-0.39, 0.29) is 11.6 Å². The van der Waals surface area contributed by atoms with Gasteiger partial charge in [-0.1, -0.05) is 38.1 Å². The number of halogens is 2. The number of fused-ring (bicyclic) bond motifs is 3. The summed E-state index contributed by atoms with van der Waals surface area (Å²) < 4.78 is 29.8. The van der Waals surface area contributed by atoms with Gasteiger partial charge in [0.1, 0.15) is 11.6 Å². The van der Waals surface area contributed by atoms with Crippen LogP contribution in [0.15, 0.2) is 36.4 Å². The van der Waals surface area contributed by atoms with E-state index < -0.39 is 5.41 Å². The van der Waals surface area contributed by atoms with Crippen molar-refractivity contribution < 1.29 is 8.78 Å². The smallest absolute Gasteiger partial charge is 0.128 e. The molecule has 0 spiro atoms. The molecule has 3 rings (SSSR count). The van der Waals surface area contributed by atoms with Crippen molar-refractivity contribution in [1.29, 1.82) is 0 Å². The van der Waals surface area contributed by atoms with Gasteiger partial charge in [0, 0.05) is 24.2 Å². The molecule has 0 atom stereocenters. The first-order valence-corrected chi connectivity index (χ1v) is 9.15.